The van der Waals surface area contributed by atoms with Crippen LogP contribution in [0, 0.1) is 11.2 Å². The number of rotatable bonds is 8. The van der Waals surface area contributed by atoms with Crippen molar-refractivity contribution in [3.63, 3.8) is 0 Å². The third kappa shape index (κ3) is 5.16. The Kier molecular flexibility index (Phi) is 6.40. The van der Waals surface area contributed by atoms with Crippen LogP contribution in [0.15, 0.2) is 69.0 Å². The second kappa shape index (κ2) is 9.42. The van der Waals surface area contributed by atoms with E-state index in [-0.39, 0.29) is 37.9 Å². The number of pyridine rings is 1. The predicted molar refractivity (Wildman–Crippen MR) is 139 cm³/mol. The van der Waals surface area contributed by atoms with E-state index in [0.717, 1.165) is 12.8 Å². The van der Waals surface area contributed by atoms with Gasteiger partial charge < -0.3 is 9.47 Å². The molecule has 0 amide bonds. The van der Waals surface area contributed by atoms with Gasteiger partial charge in [0.1, 0.15) is 23.7 Å². The van der Waals surface area contributed by atoms with E-state index < -0.39 is 21.4 Å². The van der Waals surface area contributed by atoms with E-state index in [1.807, 2.05) is 0 Å². The van der Waals surface area contributed by atoms with Gasteiger partial charge in [-0.25, -0.2) is 22.8 Å². The Bertz CT molecular complexity index is 1690. The second-order valence-corrected chi connectivity index (χ2v) is 11.6. The summed E-state index contributed by atoms with van der Waals surface area (Å²) in [5.74, 6) is 0.0198. The topological polar surface area (TPSA) is 112 Å². The molecule has 1 N–H and O–H groups in total. The van der Waals surface area contributed by atoms with Crippen LogP contribution in [0.25, 0.3) is 16.6 Å². The van der Waals surface area contributed by atoms with Gasteiger partial charge in [0, 0.05) is 29.0 Å². The van der Waals surface area contributed by atoms with Crippen LogP contribution in [-0.2, 0) is 10.0 Å². The molecule has 0 atom stereocenters. The van der Waals surface area contributed by atoms with Gasteiger partial charge in [0.05, 0.1) is 34.3 Å². The molecule has 0 aliphatic heterocycles. The molecule has 37 heavy (non-hydrogen) atoms. The summed E-state index contributed by atoms with van der Waals surface area (Å²) in [7, 11) is -2.63. The minimum Gasteiger partial charge on any atom is -0.495 e. The Morgan fingerprint density at radius 1 is 1.14 bits per heavy atom. The summed E-state index contributed by atoms with van der Waals surface area (Å²) in [5.41, 5.74) is 0.261. The minimum atomic E-state index is -4.04. The first-order valence-corrected chi connectivity index (χ1v) is 13.5. The number of methoxy groups -OCH3 is 1. The maximum Gasteiger partial charge on any atom is 0.263 e. The molecule has 1 aliphatic rings. The molecule has 4 aromatic rings. The fourth-order valence-electron chi connectivity index (χ4n) is 3.77. The van der Waals surface area contributed by atoms with Gasteiger partial charge in [-0.15, -0.1) is 0 Å². The largest absolute Gasteiger partial charge is 0.495 e. The van der Waals surface area contributed by atoms with Crippen molar-refractivity contribution >= 4 is 42.7 Å². The number of anilines is 1. The highest BCUT2D eigenvalue weighted by Crippen LogP contribution is 2.45. The van der Waals surface area contributed by atoms with Gasteiger partial charge in [-0.1, -0.05) is 6.92 Å². The first-order valence-electron chi connectivity index (χ1n) is 11.3. The molecule has 2 heterocycles. The highest BCUT2D eigenvalue weighted by Gasteiger charge is 2.38. The summed E-state index contributed by atoms with van der Waals surface area (Å²) < 4.78 is 55.5. The Hall–Kier alpha value is -3.51. The van der Waals surface area contributed by atoms with E-state index in [2.05, 4.69) is 37.5 Å². The third-order valence-electron chi connectivity index (χ3n) is 6.19. The van der Waals surface area contributed by atoms with Crippen molar-refractivity contribution in [3.05, 3.63) is 75.5 Å². The minimum absolute atomic E-state index is 0.0503. The quantitative estimate of drug-likeness (QED) is 0.318. The van der Waals surface area contributed by atoms with Crippen LogP contribution in [0.3, 0.4) is 0 Å². The number of hydrogen-bond donors (Lipinski definition) is 1. The maximum atomic E-state index is 14.4. The van der Waals surface area contributed by atoms with Crippen molar-refractivity contribution in [2.24, 2.45) is 5.41 Å². The number of hydrogen-bond acceptors (Lipinski definition) is 7. The molecule has 1 fully saturated rings. The average Bonchev–Trinajstić information content (AvgIpc) is 3.61. The lowest BCUT2D eigenvalue weighted by Gasteiger charge is -2.15. The van der Waals surface area contributed by atoms with Crippen molar-refractivity contribution in [3.8, 4) is 17.3 Å². The van der Waals surface area contributed by atoms with Crippen molar-refractivity contribution < 1.29 is 22.3 Å². The number of benzene rings is 2. The smallest absolute Gasteiger partial charge is 0.263 e. The summed E-state index contributed by atoms with van der Waals surface area (Å²) in [5, 5.41) is 0.442. The number of nitrogens with zero attached hydrogens (tertiary/aromatic N) is 3. The zero-order valence-electron chi connectivity index (χ0n) is 19.9. The molecule has 192 valence electrons. The van der Waals surface area contributed by atoms with Gasteiger partial charge in [-0.3, -0.25) is 14.1 Å². The van der Waals surface area contributed by atoms with Gasteiger partial charge in [-0.2, -0.15) is 0 Å². The lowest BCUT2D eigenvalue weighted by Crippen LogP contribution is -2.19. The standard InChI is InChI=1S/C25H22BrFN4O5S/c1-25(7-8-25)13-36-23-12-22(28-14-29-23)30-37(33,34)16-4-5-19-15(9-16)3-6-24(32)31(19)20-11-18(27)17(26)10-21(20)35-2/h3-6,9-12,14H,7-8,13H2,1-2H3,(H,28,29,30). The van der Waals surface area contributed by atoms with E-state index in [0.29, 0.717) is 17.5 Å². The Labute approximate surface area is 220 Å². The molecule has 1 saturated carbocycles. The number of ether oxygens (including phenoxy) is 2. The zero-order valence-corrected chi connectivity index (χ0v) is 22.3. The molecule has 0 radical (unpaired) electrons. The van der Waals surface area contributed by atoms with Gasteiger partial charge in [0.15, 0.2) is 0 Å². The number of nitrogens with one attached hydrogen (secondary N) is 1. The maximum absolute atomic E-state index is 14.4. The summed E-state index contributed by atoms with van der Waals surface area (Å²) >= 11 is 3.11. The van der Waals surface area contributed by atoms with Crippen LogP contribution in [0.4, 0.5) is 10.2 Å². The van der Waals surface area contributed by atoms with E-state index in [4.69, 9.17) is 9.47 Å². The molecule has 0 unspecified atom stereocenters. The zero-order chi connectivity index (χ0) is 26.4. The van der Waals surface area contributed by atoms with Crippen LogP contribution in [0.5, 0.6) is 11.6 Å². The lowest BCUT2D eigenvalue weighted by molar-refractivity contribution is 0.238. The monoisotopic (exact) mass is 588 g/mol. The highest BCUT2D eigenvalue weighted by atomic mass is 79.9. The molecule has 0 bridgehead atoms. The van der Waals surface area contributed by atoms with Gasteiger partial charge in [0.25, 0.3) is 15.6 Å². The Balaban J connectivity index is 1.48. The van der Waals surface area contributed by atoms with Crippen LogP contribution in [-0.4, -0.2) is 36.7 Å². The molecule has 1 aliphatic carbocycles. The lowest BCUT2D eigenvalue weighted by atomic mass is 10.2. The molecule has 2 aromatic carbocycles. The molecule has 9 nitrogen and oxygen atoms in total. The van der Waals surface area contributed by atoms with Crippen molar-refractivity contribution in [2.75, 3.05) is 18.4 Å². The predicted octanol–water partition coefficient (Wildman–Crippen LogP) is 4.67. The van der Waals surface area contributed by atoms with E-state index in [1.165, 1.54) is 66.5 Å². The molecule has 12 heteroatoms. The number of sulfonamides is 1. The summed E-state index contributed by atoms with van der Waals surface area (Å²) in [6, 6.07) is 11.1. The normalized spacial score (nSPS) is 14.4. The van der Waals surface area contributed by atoms with Crippen molar-refractivity contribution in [2.45, 2.75) is 24.7 Å². The summed E-state index contributed by atoms with van der Waals surface area (Å²) in [4.78, 5) is 20.8. The number of halogens is 2. The van der Waals surface area contributed by atoms with Gasteiger partial charge in [-0.05, 0) is 59.1 Å². The molecule has 2 aromatic heterocycles. The number of aromatic nitrogens is 3. The highest BCUT2D eigenvalue weighted by molar-refractivity contribution is 9.10. The van der Waals surface area contributed by atoms with Gasteiger partial charge in [0.2, 0.25) is 5.88 Å². The van der Waals surface area contributed by atoms with Crippen molar-refractivity contribution in [1.29, 1.82) is 0 Å². The molecular formula is C25H22BrFN4O5S. The third-order valence-corrected chi connectivity index (χ3v) is 8.15. The first-order chi connectivity index (χ1) is 17.6. The summed E-state index contributed by atoms with van der Waals surface area (Å²) in [6.07, 6.45) is 3.39. The van der Waals surface area contributed by atoms with Crippen molar-refractivity contribution in [1.82, 2.24) is 14.5 Å². The Morgan fingerprint density at radius 3 is 2.65 bits per heavy atom. The first kappa shape index (κ1) is 25.2. The van der Waals surface area contributed by atoms with E-state index in [1.54, 1.807) is 0 Å². The second-order valence-electron chi connectivity index (χ2n) is 9.11. The Morgan fingerprint density at radius 2 is 1.92 bits per heavy atom. The average molecular weight is 589 g/mol. The molecular weight excluding hydrogens is 567 g/mol. The fraction of sp³-hybridized carbons (Fsp3) is 0.240. The molecule has 5 rings (SSSR count). The summed E-state index contributed by atoms with van der Waals surface area (Å²) in [6.45, 7) is 2.61. The SMILES string of the molecule is COc1cc(Br)c(F)cc1-n1c(=O)ccc2cc(S(=O)(=O)Nc3cc(OCC4(C)CC4)ncn3)ccc21. The molecule has 0 saturated heterocycles. The van der Waals surface area contributed by atoms with Crippen LogP contribution in [0.1, 0.15) is 19.8 Å². The van der Waals surface area contributed by atoms with Gasteiger partial charge >= 0.3 is 0 Å². The van der Waals surface area contributed by atoms with E-state index in [9.17, 15) is 17.6 Å². The molecule has 0 spiro atoms. The van der Waals surface area contributed by atoms with Crippen LogP contribution < -0.4 is 19.8 Å². The fourth-order valence-corrected chi connectivity index (χ4v) is 5.13. The van der Waals surface area contributed by atoms with Crippen LogP contribution >= 0.6 is 15.9 Å². The van der Waals surface area contributed by atoms with Crippen LogP contribution in [0.2, 0.25) is 0 Å². The number of fused-ring (bicyclic) bond motifs is 1. The van der Waals surface area contributed by atoms with E-state index >= 15 is 0 Å².